The Morgan fingerprint density at radius 2 is 1.83 bits per heavy atom. The van der Waals surface area contributed by atoms with Gasteiger partial charge < -0.3 is 10.1 Å². The van der Waals surface area contributed by atoms with Crippen molar-refractivity contribution in [3.8, 4) is 5.75 Å². The zero-order valence-corrected chi connectivity index (χ0v) is 17.1. The minimum atomic E-state index is -3.72. The van der Waals surface area contributed by atoms with Crippen molar-refractivity contribution in [1.82, 2.24) is 5.32 Å². The van der Waals surface area contributed by atoms with Gasteiger partial charge in [-0.3, -0.25) is 9.10 Å². The number of para-hydroxylation sites is 1. The number of halogens is 2. The summed E-state index contributed by atoms with van der Waals surface area (Å²) in [6.07, 6.45) is 1.26. The predicted octanol–water partition coefficient (Wildman–Crippen LogP) is 3.09. The van der Waals surface area contributed by atoms with Crippen molar-refractivity contribution in [2.75, 3.05) is 23.7 Å². The first-order valence-electron chi connectivity index (χ1n) is 9.07. The zero-order valence-electron chi connectivity index (χ0n) is 16.3. The molecule has 0 aliphatic carbocycles. The summed E-state index contributed by atoms with van der Waals surface area (Å²) in [6, 6.07) is 11.8. The highest BCUT2D eigenvalue weighted by atomic mass is 32.2. The van der Waals surface area contributed by atoms with Crippen molar-refractivity contribution in [2.24, 2.45) is 0 Å². The first-order chi connectivity index (χ1) is 13.7. The molecule has 0 unspecified atom stereocenters. The van der Waals surface area contributed by atoms with Gasteiger partial charge in [-0.1, -0.05) is 18.2 Å². The molecule has 158 valence electrons. The van der Waals surface area contributed by atoms with E-state index in [0.717, 1.165) is 22.7 Å². The lowest BCUT2D eigenvalue weighted by atomic mass is 10.2. The molecule has 0 aromatic heterocycles. The zero-order chi connectivity index (χ0) is 21.4. The molecule has 29 heavy (non-hydrogen) atoms. The smallest absolute Gasteiger partial charge is 0.232 e. The summed E-state index contributed by atoms with van der Waals surface area (Å²) in [5.74, 6) is -1.76. The molecule has 1 atom stereocenters. The van der Waals surface area contributed by atoms with Gasteiger partial charge >= 0.3 is 0 Å². The van der Waals surface area contributed by atoms with E-state index in [1.807, 2.05) is 30.3 Å². The molecular formula is C20H24F2N2O4S. The second kappa shape index (κ2) is 10.2. The SMILES string of the molecule is C[C@@H](COc1ccccc1)NC(=O)CCCN(c1ccc(F)c(F)c1)S(C)(=O)=O. The number of rotatable bonds is 10. The molecule has 0 spiro atoms. The second-order valence-electron chi connectivity index (χ2n) is 6.63. The molecule has 0 fully saturated rings. The normalized spacial score (nSPS) is 12.3. The lowest BCUT2D eigenvalue weighted by molar-refractivity contribution is -0.121. The Hall–Kier alpha value is -2.68. The first kappa shape index (κ1) is 22.6. The summed E-state index contributed by atoms with van der Waals surface area (Å²) in [7, 11) is -3.72. The van der Waals surface area contributed by atoms with Crippen LogP contribution in [0.2, 0.25) is 0 Å². The minimum absolute atomic E-state index is 0.0106. The maximum atomic E-state index is 13.4. The summed E-state index contributed by atoms with van der Waals surface area (Å²) in [5.41, 5.74) is 0.0106. The molecule has 0 saturated carbocycles. The third kappa shape index (κ3) is 7.34. The predicted molar refractivity (Wildman–Crippen MR) is 107 cm³/mol. The second-order valence-corrected chi connectivity index (χ2v) is 8.54. The number of carbonyl (C=O) groups excluding carboxylic acids is 1. The summed E-state index contributed by atoms with van der Waals surface area (Å²) >= 11 is 0. The number of benzene rings is 2. The van der Waals surface area contributed by atoms with Crippen LogP contribution < -0.4 is 14.4 Å². The summed E-state index contributed by atoms with van der Waals surface area (Å²) < 4.78 is 57.1. The lowest BCUT2D eigenvalue weighted by Crippen LogP contribution is -2.37. The fourth-order valence-electron chi connectivity index (χ4n) is 2.64. The van der Waals surface area contributed by atoms with E-state index in [9.17, 15) is 22.0 Å². The number of sulfonamides is 1. The average Bonchev–Trinajstić information content (AvgIpc) is 2.66. The molecule has 2 aromatic carbocycles. The van der Waals surface area contributed by atoms with E-state index >= 15 is 0 Å². The van der Waals surface area contributed by atoms with Gasteiger partial charge in [0.15, 0.2) is 11.6 Å². The van der Waals surface area contributed by atoms with Crippen LogP contribution in [-0.2, 0) is 14.8 Å². The van der Waals surface area contributed by atoms with Gasteiger partial charge in [-0.2, -0.15) is 0 Å². The van der Waals surface area contributed by atoms with Crippen LogP contribution in [0.1, 0.15) is 19.8 Å². The molecule has 0 aliphatic heterocycles. The van der Waals surface area contributed by atoms with Gasteiger partial charge in [0, 0.05) is 19.0 Å². The number of ether oxygens (including phenoxy) is 1. The monoisotopic (exact) mass is 426 g/mol. The Morgan fingerprint density at radius 1 is 1.14 bits per heavy atom. The van der Waals surface area contributed by atoms with E-state index in [2.05, 4.69) is 5.32 Å². The Morgan fingerprint density at radius 3 is 2.45 bits per heavy atom. The quantitative estimate of drug-likeness (QED) is 0.634. The molecule has 1 amide bonds. The number of amides is 1. The highest BCUT2D eigenvalue weighted by molar-refractivity contribution is 7.92. The van der Waals surface area contributed by atoms with Crippen LogP contribution in [0.15, 0.2) is 48.5 Å². The van der Waals surface area contributed by atoms with Crippen LogP contribution in [0.5, 0.6) is 5.75 Å². The van der Waals surface area contributed by atoms with Crippen LogP contribution in [-0.4, -0.2) is 39.8 Å². The number of hydrogen-bond acceptors (Lipinski definition) is 4. The third-order valence-corrected chi connectivity index (χ3v) is 5.20. The average molecular weight is 426 g/mol. The van der Waals surface area contributed by atoms with Crippen LogP contribution in [0.25, 0.3) is 0 Å². The number of anilines is 1. The van der Waals surface area contributed by atoms with Gasteiger partial charge in [-0.25, -0.2) is 17.2 Å². The van der Waals surface area contributed by atoms with Crippen molar-refractivity contribution in [2.45, 2.75) is 25.8 Å². The van der Waals surface area contributed by atoms with E-state index in [1.54, 1.807) is 6.92 Å². The minimum Gasteiger partial charge on any atom is -0.491 e. The topological polar surface area (TPSA) is 75.7 Å². The Bertz CT molecular complexity index is 923. The summed E-state index contributed by atoms with van der Waals surface area (Å²) in [5, 5.41) is 2.78. The van der Waals surface area contributed by atoms with Gasteiger partial charge in [-0.15, -0.1) is 0 Å². The van der Waals surface area contributed by atoms with E-state index in [4.69, 9.17) is 4.74 Å². The van der Waals surface area contributed by atoms with Crippen molar-refractivity contribution < 1.29 is 26.7 Å². The molecule has 0 heterocycles. The Labute approximate surface area is 169 Å². The van der Waals surface area contributed by atoms with Crippen molar-refractivity contribution in [3.05, 3.63) is 60.2 Å². The fourth-order valence-corrected chi connectivity index (χ4v) is 3.59. The molecular weight excluding hydrogens is 402 g/mol. The van der Waals surface area contributed by atoms with Gasteiger partial charge in [-0.05, 0) is 37.6 Å². The van der Waals surface area contributed by atoms with E-state index in [0.29, 0.717) is 12.4 Å². The van der Waals surface area contributed by atoms with E-state index in [-0.39, 0.29) is 37.0 Å². The van der Waals surface area contributed by atoms with Crippen molar-refractivity contribution in [3.63, 3.8) is 0 Å². The lowest BCUT2D eigenvalue weighted by Gasteiger charge is -2.22. The Balaban J connectivity index is 1.83. The van der Waals surface area contributed by atoms with Gasteiger partial charge in [0.25, 0.3) is 0 Å². The molecule has 0 bridgehead atoms. The molecule has 1 N–H and O–H groups in total. The molecule has 9 heteroatoms. The maximum Gasteiger partial charge on any atom is 0.232 e. The van der Waals surface area contributed by atoms with E-state index < -0.39 is 21.7 Å². The largest absolute Gasteiger partial charge is 0.491 e. The standard InChI is InChI=1S/C20H24F2N2O4S/c1-15(14-28-17-7-4-3-5-8-17)23-20(25)9-6-12-24(29(2,26)27)16-10-11-18(21)19(22)13-16/h3-5,7-8,10-11,13,15H,6,9,12,14H2,1-2H3,(H,23,25)/t15-/m0/s1. The number of nitrogens with one attached hydrogen (secondary N) is 1. The fraction of sp³-hybridized carbons (Fsp3) is 0.350. The van der Waals surface area contributed by atoms with Gasteiger partial charge in [0.1, 0.15) is 12.4 Å². The molecule has 0 radical (unpaired) electrons. The third-order valence-electron chi connectivity index (χ3n) is 4.01. The number of hydrogen-bond donors (Lipinski definition) is 1. The van der Waals surface area contributed by atoms with Gasteiger partial charge in [0.05, 0.1) is 18.0 Å². The maximum absolute atomic E-state index is 13.4. The molecule has 2 aromatic rings. The summed E-state index contributed by atoms with van der Waals surface area (Å²) in [4.78, 5) is 12.1. The van der Waals surface area contributed by atoms with Crippen LogP contribution in [0, 0.1) is 11.6 Å². The molecule has 2 rings (SSSR count). The molecule has 0 aliphatic rings. The summed E-state index contributed by atoms with van der Waals surface area (Å²) in [6.45, 7) is 2.05. The van der Waals surface area contributed by atoms with Crippen molar-refractivity contribution >= 4 is 21.6 Å². The highest BCUT2D eigenvalue weighted by Gasteiger charge is 2.19. The van der Waals surface area contributed by atoms with Crippen LogP contribution >= 0.6 is 0 Å². The van der Waals surface area contributed by atoms with Gasteiger partial charge in [0.2, 0.25) is 15.9 Å². The molecule has 0 saturated heterocycles. The highest BCUT2D eigenvalue weighted by Crippen LogP contribution is 2.21. The van der Waals surface area contributed by atoms with Crippen molar-refractivity contribution in [1.29, 1.82) is 0 Å². The number of carbonyl (C=O) groups is 1. The Kier molecular flexibility index (Phi) is 7.95. The number of nitrogens with zero attached hydrogens (tertiary/aromatic N) is 1. The van der Waals surface area contributed by atoms with Crippen LogP contribution in [0.4, 0.5) is 14.5 Å². The molecule has 6 nitrogen and oxygen atoms in total. The van der Waals surface area contributed by atoms with E-state index in [1.165, 1.54) is 6.07 Å². The first-order valence-corrected chi connectivity index (χ1v) is 10.9. The van der Waals surface area contributed by atoms with Crippen LogP contribution in [0.3, 0.4) is 0 Å².